The van der Waals surface area contributed by atoms with Crippen LogP contribution in [0.5, 0.6) is 0 Å². The van der Waals surface area contributed by atoms with Crippen molar-refractivity contribution >= 4 is 33.4 Å². The summed E-state index contributed by atoms with van der Waals surface area (Å²) in [6, 6.07) is 11.5. The Hall–Kier alpha value is -2.41. The Morgan fingerprint density at radius 2 is 2.00 bits per heavy atom. The summed E-state index contributed by atoms with van der Waals surface area (Å²) in [7, 11) is 0. The van der Waals surface area contributed by atoms with Gasteiger partial charge in [-0.05, 0) is 36.4 Å². The highest BCUT2D eigenvalue weighted by Gasteiger charge is 2.02. The maximum absolute atomic E-state index is 5.23. The molecule has 0 aliphatic rings. The molecule has 3 aromatic rings. The van der Waals surface area contributed by atoms with Crippen LogP contribution in [0.4, 0.5) is 17.5 Å². The molecule has 0 bridgehead atoms. The van der Waals surface area contributed by atoms with Crippen LogP contribution in [0, 0.1) is 0 Å². The molecule has 0 fully saturated rings. The second kappa shape index (κ2) is 6.36. The van der Waals surface area contributed by atoms with Crippen LogP contribution < -0.4 is 10.6 Å². The molecule has 0 spiro atoms. The van der Waals surface area contributed by atoms with Crippen molar-refractivity contribution in [2.45, 2.75) is 6.54 Å². The highest BCUT2D eigenvalue weighted by molar-refractivity contribution is 9.10. The summed E-state index contributed by atoms with van der Waals surface area (Å²) in [5.74, 6) is 1.87. The molecule has 0 aliphatic carbocycles. The molecule has 0 aliphatic heterocycles. The molecular weight excluding hydrogens is 334 g/mol. The molecule has 6 nitrogen and oxygen atoms in total. The number of rotatable bonds is 5. The molecule has 106 valence electrons. The quantitative estimate of drug-likeness (QED) is 0.735. The van der Waals surface area contributed by atoms with Crippen LogP contribution in [0.25, 0.3) is 0 Å². The highest BCUT2D eigenvalue weighted by atomic mass is 79.9. The zero-order valence-corrected chi connectivity index (χ0v) is 12.5. The summed E-state index contributed by atoms with van der Waals surface area (Å²) in [4.78, 5) is 4.34. The van der Waals surface area contributed by atoms with Crippen LogP contribution in [0.1, 0.15) is 5.76 Å². The summed E-state index contributed by atoms with van der Waals surface area (Å²) in [5.41, 5.74) is 0.927. The van der Waals surface area contributed by atoms with Gasteiger partial charge in [0.15, 0.2) is 5.82 Å². The van der Waals surface area contributed by atoms with E-state index in [1.165, 1.54) is 0 Å². The third kappa shape index (κ3) is 3.79. The van der Waals surface area contributed by atoms with Gasteiger partial charge >= 0.3 is 0 Å². The first kappa shape index (κ1) is 13.6. The second-order valence-electron chi connectivity index (χ2n) is 4.23. The zero-order chi connectivity index (χ0) is 14.5. The van der Waals surface area contributed by atoms with Gasteiger partial charge in [-0.25, -0.2) is 0 Å². The Labute approximate surface area is 129 Å². The van der Waals surface area contributed by atoms with Crippen LogP contribution in [-0.4, -0.2) is 15.2 Å². The van der Waals surface area contributed by atoms with Crippen molar-refractivity contribution in [1.82, 2.24) is 15.2 Å². The van der Waals surface area contributed by atoms with Crippen molar-refractivity contribution in [3.05, 3.63) is 59.1 Å². The van der Waals surface area contributed by atoms with Crippen LogP contribution in [0.3, 0.4) is 0 Å². The highest BCUT2D eigenvalue weighted by Crippen LogP contribution is 2.17. The lowest BCUT2D eigenvalue weighted by atomic mass is 10.3. The average Bonchev–Trinajstić information content (AvgIpc) is 3.01. The molecule has 21 heavy (non-hydrogen) atoms. The SMILES string of the molecule is Brc1ccc(Nc2cnnc(NCc3ccco3)n2)cc1. The average molecular weight is 346 g/mol. The van der Waals surface area contributed by atoms with Crippen molar-refractivity contribution in [2.24, 2.45) is 0 Å². The third-order valence-electron chi connectivity index (χ3n) is 2.68. The Morgan fingerprint density at radius 1 is 1.14 bits per heavy atom. The van der Waals surface area contributed by atoms with Gasteiger partial charge in [-0.2, -0.15) is 10.1 Å². The van der Waals surface area contributed by atoms with Gasteiger partial charge in [-0.1, -0.05) is 15.9 Å². The number of aromatic nitrogens is 3. The Morgan fingerprint density at radius 3 is 2.76 bits per heavy atom. The summed E-state index contributed by atoms with van der Waals surface area (Å²) in [5, 5.41) is 14.1. The fourth-order valence-electron chi connectivity index (χ4n) is 1.70. The van der Waals surface area contributed by atoms with Gasteiger partial charge in [0.25, 0.3) is 0 Å². The molecular formula is C14H12BrN5O. The molecule has 7 heteroatoms. The van der Waals surface area contributed by atoms with Crippen molar-refractivity contribution < 1.29 is 4.42 Å². The van der Waals surface area contributed by atoms with E-state index in [0.29, 0.717) is 18.3 Å². The second-order valence-corrected chi connectivity index (χ2v) is 5.15. The fourth-order valence-corrected chi connectivity index (χ4v) is 1.96. The lowest BCUT2D eigenvalue weighted by Gasteiger charge is -2.07. The number of nitrogens with one attached hydrogen (secondary N) is 2. The third-order valence-corrected chi connectivity index (χ3v) is 3.20. The predicted molar refractivity (Wildman–Crippen MR) is 83.3 cm³/mol. The van der Waals surface area contributed by atoms with Crippen LogP contribution in [0.15, 0.2) is 57.7 Å². The summed E-state index contributed by atoms with van der Waals surface area (Å²) in [6.45, 7) is 0.510. The minimum Gasteiger partial charge on any atom is -0.467 e. The van der Waals surface area contributed by atoms with E-state index in [1.807, 2.05) is 36.4 Å². The van der Waals surface area contributed by atoms with E-state index in [0.717, 1.165) is 15.9 Å². The van der Waals surface area contributed by atoms with E-state index in [-0.39, 0.29) is 0 Å². The summed E-state index contributed by atoms with van der Waals surface area (Å²) < 4.78 is 6.26. The normalized spacial score (nSPS) is 10.3. The van der Waals surface area contributed by atoms with Crippen molar-refractivity contribution in [3.8, 4) is 0 Å². The van der Waals surface area contributed by atoms with E-state index in [1.54, 1.807) is 12.5 Å². The van der Waals surface area contributed by atoms with Crippen LogP contribution >= 0.6 is 15.9 Å². The minimum absolute atomic E-state index is 0.438. The number of nitrogens with zero attached hydrogens (tertiary/aromatic N) is 3. The Bertz CT molecular complexity index is 700. The summed E-state index contributed by atoms with van der Waals surface area (Å²) in [6.07, 6.45) is 3.20. The van der Waals surface area contributed by atoms with Crippen LogP contribution in [-0.2, 0) is 6.54 Å². The fraction of sp³-hybridized carbons (Fsp3) is 0.0714. The monoisotopic (exact) mass is 345 g/mol. The number of furan rings is 1. The largest absolute Gasteiger partial charge is 0.467 e. The first-order chi connectivity index (χ1) is 10.3. The van der Waals surface area contributed by atoms with E-state index < -0.39 is 0 Å². The van der Waals surface area contributed by atoms with Gasteiger partial charge in [0.1, 0.15) is 5.76 Å². The molecule has 0 atom stereocenters. The number of benzene rings is 1. The molecule has 0 amide bonds. The molecule has 0 radical (unpaired) electrons. The molecule has 3 rings (SSSR count). The van der Waals surface area contributed by atoms with E-state index >= 15 is 0 Å². The van der Waals surface area contributed by atoms with Gasteiger partial charge in [0, 0.05) is 10.2 Å². The van der Waals surface area contributed by atoms with E-state index in [2.05, 4.69) is 41.7 Å². The predicted octanol–water partition coefficient (Wildman–Crippen LogP) is 3.58. The van der Waals surface area contributed by atoms with E-state index in [4.69, 9.17) is 4.42 Å². The molecule has 2 aromatic heterocycles. The van der Waals surface area contributed by atoms with Gasteiger partial charge in [0.2, 0.25) is 5.95 Å². The topological polar surface area (TPSA) is 75.9 Å². The lowest BCUT2D eigenvalue weighted by molar-refractivity contribution is 0.517. The number of hydrogen-bond donors (Lipinski definition) is 2. The summed E-state index contributed by atoms with van der Waals surface area (Å²) >= 11 is 3.40. The number of hydrogen-bond acceptors (Lipinski definition) is 6. The van der Waals surface area contributed by atoms with Crippen molar-refractivity contribution in [2.75, 3.05) is 10.6 Å². The van der Waals surface area contributed by atoms with Crippen molar-refractivity contribution in [3.63, 3.8) is 0 Å². The smallest absolute Gasteiger partial charge is 0.245 e. The van der Waals surface area contributed by atoms with Gasteiger partial charge < -0.3 is 15.1 Å². The zero-order valence-electron chi connectivity index (χ0n) is 11.0. The molecule has 1 aromatic carbocycles. The van der Waals surface area contributed by atoms with Crippen molar-refractivity contribution in [1.29, 1.82) is 0 Å². The molecule has 0 saturated carbocycles. The first-order valence-electron chi connectivity index (χ1n) is 6.28. The molecule has 2 N–H and O–H groups in total. The standard InChI is InChI=1S/C14H12BrN5O/c15-10-3-5-11(6-4-10)18-13-9-17-20-14(19-13)16-8-12-2-1-7-21-12/h1-7,9H,8H2,(H2,16,18,19,20). The van der Waals surface area contributed by atoms with Gasteiger partial charge in [-0.15, -0.1) is 5.10 Å². The molecule has 0 unspecified atom stereocenters. The lowest BCUT2D eigenvalue weighted by Crippen LogP contribution is -2.05. The first-order valence-corrected chi connectivity index (χ1v) is 7.07. The molecule has 0 saturated heterocycles. The number of anilines is 3. The van der Waals surface area contributed by atoms with E-state index in [9.17, 15) is 0 Å². The van der Waals surface area contributed by atoms with Crippen LogP contribution in [0.2, 0.25) is 0 Å². The maximum atomic E-state index is 5.23. The maximum Gasteiger partial charge on any atom is 0.245 e. The minimum atomic E-state index is 0.438. The van der Waals surface area contributed by atoms with Gasteiger partial charge in [-0.3, -0.25) is 0 Å². The Kier molecular flexibility index (Phi) is 4.11. The Balaban J connectivity index is 1.66. The van der Waals surface area contributed by atoms with Gasteiger partial charge in [0.05, 0.1) is 19.0 Å². The number of halogens is 1. The molecule has 2 heterocycles.